The zero-order valence-corrected chi connectivity index (χ0v) is 12.7. The van der Waals surface area contributed by atoms with Crippen LogP contribution in [0.1, 0.15) is 16.7 Å². The number of nitriles is 1. The van der Waals surface area contributed by atoms with Crippen LogP contribution in [-0.4, -0.2) is 9.78 Å². The van der Waals surface area contributed by atoms with Crippen molar-refractivity contribution in [3.63, 3.8) is 0 Å². The largest absolute Gasteiger partial charge is 0.309 e. The highest BCUT2D eigenvalue weighted by Gasteiger charge is 2.07. The number of nitrogens with zero attached hydrogens (tertiary/aromatic N) is 3. The third kappa shape index (κ3) is 3.65. The van der Waals surface area contributed by atoms with E-state index >= 15 is 0 Å². The minimum Gasteiger partial charge on any atom is -0.309 e. The second kappa shape index (κ2) is 7.02. The first-order valence-corrected chi connectivity index (χ1v) is 7.34. The highest BCUT2D eigenvalue weighted by Crippen LogP contribution is 2.14. The van der Waals surface area contributed by atoms with Crippen LogP contribution in [-0.2, 0) is 13.1 Å². The Morgan fingerprint density at radius 2 is 1.92 bits per heavy atom. The molecule has 1 heterocycles. The van der Waals surface area contributed by atoms with Gasteiger partial charge in [0.1, 0.15) is 11.5 Å². The molecule has 120 valence electrons. The lowest BCUT2D eigenvalue weighted by Crippen LogP contribution is -2.12. The van der Waals surface area contributed by atoms with Crippen LogP contribution < -0.4 is 5.32 Å². The molecule has 3 aromatic rings. The average molecular weight is 324 g/mol. The van der Waals surface area contributed by atoms with E-state index in [0.29, 0.717) is 18.7 Å². The van der Waals surface area contributed by atoms with Crippen LogP contribution in [0, 0.1) is 23.0 Å². The van der Waals surface area contributed by atoms with Crippen molar-refractivity contribution < 1.29 is 8.78 Å². The lowest BCUT2D eigenvalue weighted by Gasteiger charge is -2.04. The fourth-order valence-corrected chi connectivity index (χ4v) is 2.35. The van der Waals surface area contributed by atoms with E-state index in [1.807, 2.05) is 18.2 Å². The van der Waals surface area contributed by atoms with E-state index in [9.17, 15) is 8.78 Å². The summed E-state index contributed by atoms with van der Waals surface area (Å²) in [7, 11) is 0. The molecule has 3 rings (SSSR count). The van der Waals surface area contributed by atoms with Gasteiger partial charge < -0.3 is 5.32 Å². The summed E-state index contributed by atoms with van der Waals surface area (Å²) in [5, 5.41) is 16.2. The third-order valence-electron chi connectivity index (χ3n) is 3.51. The maximum Gasteiger partial charge on any atom is 0.151 e. The highest BCUT2D eigenvalue weighted by atomic mass is 19.1. The van der Waals surface area contributed by atoms with Crippen molar-refractivity contribution in [2.75, 3.05) is 0 Å². The summed E-state index contributed by atoms with van der Waals surface area (Å²) in [5.74, 6) is -1.28. The van der Waals surface area contributed by atoms with Crippen LogP contribution >= 0.6 is 0 Å². The standard InChI is InChI=1S/C18H14F2N4/c19-16-4-5-18(17(20)7-16)24-12-15(11-23-24)10-22-9-14-3-1-2-13(6-14)8-21/h1-7,11-12,22H,9-10H2. The number of rotatable bonds is 5. The molecule has 0 aliphatic rings. The van der Waals surface area contributed by atoms with Crippen molar-refractivity contribution in [2.45, 2.75) is 13.1 Å². The molecule has 4 nitrogen and oxygen atoms in total. The molecule has 0 saturated heterocycles. The van der Waals surface area contributed by atoms with Gasteiger partial charge >= 0.3 is 0 Å². The number of halogens is 2. The van der Waals surface area contributed by atoms with Crippen LogP contribution in [0.25, 0.3) is 5.69 Å². The van der Waals surface area contributed by atoms with Gasteiger partial charge in [0, 0.05) is 30.9 Å². The SMILES string of the molecule is N#Cc1cccc(CNCc2cnn(-c3ccc(F)cc3F)c2)c1. The van der Waals surface area contributed by atoms with E-state index in [-0.39, 0.29) is 5.69 Å². The van der Waals surface area contributed by atoms with E-state index in [0.717, 1.165) is 17.2 Å². The van der Waals surface area contributed by atoms with Crippen molar-refractivity contribution in [1.82, 2.24) is 15.1 Å². The summed E-state index contributed by atoms with van der Waals surface area (Å²) in [4.78, 5) is 0. The molecule has 0 aliphatic carbocycles. The van der Waals surface area contributed by atoms with E-state index in [4.69, 9.17) is 5.26 Å². The molecule has 6 heteroatoms. The van der Waals surface area contributed by atoms with E-state index in [2.05, 4.69) is 16.5 Å². The molecule has 0 amide bonds. The monoisotopic (exact) mass is 324 g/mol. The van der Waals surface area contributed by atoms with Crippen LogP contribution in [0.15, 0.2) is 54.9 Å². The Labute approximate surface area is 138 Å². The Bertz CT molecular complexity index is 896. The molecule has 0 fully saturated rings. The molecule has 1 N–H and O–H groups in total. The van der Waals surface area contributed by atoms with E-state index in [1.54, 1.807) is 18.5 Å². The van der Waals surface area contributed by atoms with Gasteiger partial charge in [-0.1, -0.05) is 12.1 Å². The summed E-state index contributed by atoms with van der Waals surface area (Å²) in [6.45, 7) is 1.14. The lowest BCUT2D eigenvalue weighted by atomic mass is 10.1. The Hall–Kier alpha value is -3.04. The number of hydrogen-bond donors (Lipinski definition) is 1. The molecular weight excluding hydrogens is 310 g/mol. The fourth-order valence-electron chi connectivity index (χ4n) is 2.35. The molecule has 24 heavy (non-hydrogen) atoms. The van der Waals surface area contributed by atoms with Gasteiger partial charge in [0.25, 0.3) is 0 Å². The molecule has 0 unspecified atom stereocenters. The molecule has 0 radical (unpaired) electrons. The van der Waals surface area contributed by atoms with Crippen molar-refractivity contribution in [1.29, 1.82) is 5.26 Å². The topological polar surface area (TPSA) is 53.6 Å². The van der Waals surface area contributed by atoms with Gasteiger partial charge in [0.15, 0.2) is 5.82 Å². The van der Waals surface area contributed by atoms with Crippen molar-refractivity contribution >= 4 is 0 Å². The second-order valence-corrected chi connectivity index (χ2v) is 5.30. The lowest BCUT2D eigenvalue weighted by molar-refractivity contribution is 0.573. The Morgan fingerprint density at radius 1 is 1.08 bits per heavy atom. The predicted octanol–water partition coefficient (Wildman–Crippen LogP) is 3.31. The second-order valence-electron chi connectivity index (χ2n) is 5.30. The first kappa shape index (κ1) is 15.8. The summed E-state index contributed by atoms with van der Waals surface area (Å²) in [6, 6.07) is 12.8. The first-order valence-electron chi connectivity index (χ1n) is 7.34. The molecule has 0 atom stereocenters. The Kier molecular flexibility index (Phi) is 4.64. The van der Waals surface area contributed by atoms with Crippen molar-refractivity contribution in [2.24, 2.45) is 0 Å². The predicted molar refractivity (Wildman–Crippen MR) is 85.2 cm³/mol. The third-order valence-corrected chi connectivity index (χ3v) is 3.51. The van der Waals surface area contributed by atoms with Crippen LogP contribution in [0.3, 0.4) is 0 Å². The first-order chi connectivity index (χ1) is 11.7. The van der Waals surface area contributed by atoms with Crippen LogP contribution in [0.2, 0.25) is 0 Å². The van der Waals surface area contributed by atoms with Gasteiger partial charge in [-0.25, -0.2) is 13.5 Å². The fraction of sp³-hybridized carbons (Fsp3) is 0.111. The number of nitrogens with one attached hydrogen (secondary N) is 1. The summed E-state index contributed by atoms with van der Waals surface area (Å²) >= 11 is 0. The molecule has 2 aromatic carbocycles. The van der Waals surface area contributed by atoms with E-state index < -0.39 is 11.6 Å². The maximum atomic E-state index is 13.7. The molecule has 0 bridgehead atoms. The van der Waals surface area contributed by atoms with Gasteiger partial charge in [-0.05, 0) is 29.8 Å². The summed E-state index contributed by atoms with van der Waals surface area (Å²) in [6.07, 6.45) is 3.32. The van der Waals surface area contributed by atoms with Gasteiger partial charge in [-0.2, -0.15) is 10.4 Å². The summed E-state index contributed by atoms with van der Waals surface area (Å²) < 4.78 is 28.1. The number of benzene rings is 2. The molecule has 0 spiro atoms. The zero-order chi connectivity index (χ0) is 16.9. The van der Waals surface area contributed by atoms with Crippen molar-refractivity contribution in [3.8, 4) is 11.8 Å². The highest BCUT2D eigenvalue weighted by molar-refractivity contribution is 5.34. The molecular formula is C18H14F2N4. The smallest absolute Gasteiger partial charge is 0.151 e. The molecule has 0 aliphatic heterocycles. The van der Waals surface area contributed by atoms with Gasteiger partial charge in [-0.3, -0.25) is 0 Å². The van der Waals surface area contributed by atoms with Crippen LogP contribution in [0.4, 0.5) is 8.78 Å². The van der Waals surface area contributed by atoms with Gasteiger partial charge in [-0.15, -0.1) is 0 Å². The number of hydrogen-bond acceptors (Lipinski definition) is 3. The molecule has 1 aromatic heterocycles. The Balaban J connectivity index is 1.63. The van der Waals surface area contributed by atoms with Gasteiger partial charge in [0.2, 0.25) is 0 Å². The molecule has 0 saturated carbocycles. The van der Waals surface area contributed by atoms with Gasteiger partial charge in [0.05, 0.1) is 17.8 Å². The quantitative estimate of drug-likeness (QED) is 0.783. The maximum absolute atomic E-state index is 13.7. The summed E-state index contributed by atoms with van der Waals surface area (Å²) in [5.41, 5.74) is 2.69. The average Bonchev–Trinajstić information content (AvgIpc) is 3.03. The number of aromatic nitrogens is 2. The zero-order valence-electron chi connectivity index (χ0n) is 12.7. The Morgan fingerprint density at radius 3 is 2.71 bits per heavy atom. The minimum absolute atomic E-state index is 0.198. The van der Waals surface area contributed by atoms with Crippen LogP contribution in [0.5, 0.6) is 0 Å². The van der Waals surface area contributed by atoms with E-state index in [1.165, 1.54) is 16.8 Å². The minimum atomic E-state index is -0.661. The normalized spacial score (nSPS) is 10.5. The van der Waals surface area contributed by atoms with Crippen molar-refractivity contribution in [3.05, 3.63) is 83.2 Å².